The molecule has 0 spiro atoms. The number of carbonyl (C=O) groups excluding carboxylic acids is 2. The highest BCUT2D eigenvalue weighted by Crippen LogP contribution is 2.29. The van der Waals surface area contributed by atoms with Crippen LogP contribution in [0.1, 0.15) is 39.0 Å². The minimum Gasteiger partial charge on any atom is -0.459 e. The standard InChI is InChI=1S/C20H26N2O3/c1-13(2)11-22-12-16(10-19(22)23)20(24)21(4)14(3)18-9-15-7-5-6-8-17(15)25-18/h5-9,13-14,16H,10-12H2,1-4H3. The maximum Gasteiger partial charge on any atom is 0.228 e. The lowest BCUT2D eigenvalue weighted by Crippen LogP contribution is -2.36. The molecule has 1 aromatic heterocycles. The van der Waals surface area contributed by atoms with E-state index in [0.29, 0.717) is 25.4 Å². The van der Waals surface area contributed by atoms with E-state index in [-0.39, 0.29) is 23.8 Å². The van der Waals surface area contributed by atoms with Gasteiger partial charge in [-0.3, -0.25) is 9.59 Å². The Balaban J connectivity index is 1.70. The maximum atomic E-state index is 12.9. The molecular formula is C20H26N2O3. The number of furan rings is 1. The molecule has 2 unspecified atom stereocenters. The molecule has 0 N–H and O–H groups in total. The van der Waals surface area contributed by atoms with E-state index in [9.17, 15) is 9.59 Å². The van der Waals surface area contributed by atoms with Gasteiger partial charge in [0.1, 0.15) is 11.3 Å². The highest BCUT2D eigenvalue weighted by Gasteiger charge is 2.37. The largest absolute Gasteiger partial charge is 0.459 e. The van der Waals surface area contributed by atoms with Crippen LogP contribution in [0.25, 0.3) is 11.0 Å². The molecule has 1 aromatic carbocycles. The lowest BCUT2D eigenvalue weighted by atomic mass is 10.1. The Morgan fingerprint density at radius 3 is 2.72 bits per heavy atom. The number of hydrogen-bond acceptors (Lipinski definition) is 3. The van der Waals surface area contributed by atoms with Crippen LogP contribution in [-0.2, 0) is 9.59 Å². The average molecular weight is 342 g/mol. The van der Waals surface area contributed by atoms with Crippen LogP contribution in [0.5, 0.6) is 0 Å². The maximum absolute atomic E-state index is 12.9. The predicted molar refractivity (Wildman–Crippen MR) is 96.9 cm³/mol. The van der Waals surface area contributed by atoms with Gasteiger partial charge in [-0.1, -0.05) is 32.0 Å². The zero-order valence-corrected chi connectivity index (χ0v) is 15.4. The third-order valence-corrected chi connectivity index (χ3v) is 4.93. The number of hydrogen-bond donors (Lipinski definition) is 0. The van der Waals surface area contributed by atoms with Crippen LogP contribution < -0.4 is 0 Å². The molecule has 0 radical (unpaired) electrons. The normalized spacial score (nSPS) is 19.0. The number of amides is 2. The van der Waals surface area contributed by atoms with Crippen LogP contribution in [-0.4, -0.2) is 41.8 Å². The van der Waals surface area contributed by atoms with Gasteiger partial charge >= 0.3 is 0 Å². The molecule has 5 heteroatoms. The van der Waals surface area contributed by atoms with E-state index in [1.54, 1.807) is 11.9 Å². The van der Waals surface area contributed by atoms with E-state index in [2.05, 4.69) is 13.8 Å². The number of rotatable bonds is 5. The summed E-state index contributed by atoms with van der Waals surface area (Å²) in [7, 11) is 1.79. The van der Waals surface area contributed by atoms with Crippen LogP contribution in [0.4, 0.5) is 0 Å². The fourth-order valence-corrected chi connectivity index (χ4v) is 3.43. The highest BCUT2D eigenvalue weighted by molar-refractivity contribution is 5.89. The Labute approximate surface area is 148 Å². The molecule has 0 aliphatic carbocycles. The van der Waals surface area contributed by atoms with E-state index < -0.39 is 0 Å². The Kier molecular flexibility index (Phi) is 4.84. The van der Waals surface area contributed by atoms with E-state index in [1.807, 2.05) is 42.2 Å². The quantitative estimate of drug-likeness (QED) is 0.836. The topological polar surface area (TPSA) is 53.8 Å². The molecule has 2 aromatic rings. The Morgan fingerprint density at radius 2 is 2.04 bits per heavy atom. The zero-order valence-electron chi connectivity index (χ0n) is 15.4. The van der Waals surface area contributed by atoms with Crippen molar-refractivity contribution in [3.05, 3.63) is 36.1 Å². The van der Waals surface area contributed by atoms with Crippen LogP contribution in [0.2, 0.25) is 0 Å². The van der Waals surface area contributed by atoms with Crippen molar-refractivity contribution in [1.29, 1.82) is 0 Å². The van der Waals surface area contributed by atoms with Crippen molar-refractivity contribution in [2.75, 3.05) is 20.1 Å². The van der Waals surface area contributed by atoms with E-state index in [4.69, 9.17) is 4.42 Å². The smallest absolute Gasteiger partial charge is 0.228 e. The van der Waals surface area contributed by atoms with Gasteiger partial charge in [-0.2, -0.15) is 0 Å². The SMILES string of the molecule is CC(C)CN1CC(C(=O)N(C)C(C)c2cc3ccccc3o2)CC1=O. The Bertz CT molecular complexity index is 747. The van der Waals surface area contributed by atoms with Crippen molar-refractivity contribution in [2.45, 2.75) is 33.2 Å². The second-order valence-electron chi connectivity index (χ2n) is 7.41. The van der Waals surface area contributed by atoms with Crippen molar-refractivity contribution in [1.82, 2.24) is 9.80 Å². The van der Waals surface area contributed by atoms with Gasteiger partial charge in [-0.25, -0.2) is 0 Å². The molecule has 1 aliphatic rings. The molecule has 5 nitrogen and oxygen atoms in total. The Hall–Kier alpha value is -2.30. The van der Waals surface area contributed by atoms with E-state index in [1.165, 1.54) is 0 Å². The lowest BCUT2D eigenvalue weighted by molar-refractivity contribution is -0.136. The molecule has 2 heterocycles. The molecule has 1 aliphatic heterocycles. The predicted octanol–water partition coefficient (Wildman–Crippen LogP) is 3.46. The number of likely N-dealkylation sites (tertiary alicyclic amines) is 1. The molecule has 0 saturated carbocycles. The highest BCUT2D eigenvalue weighted by atomic mass is 16.3. The van der Waals surface area contributed by atoms with E-state index in [0.717, 1.165) is 16.7 Å². The molecular weight excluding hydrogens is 316 g/mol. The van der Waals surface area contributed by atoms with Crippen LogP contribution in [0.3, 0.4) is 0 Å². The van der Waals surface area contributed by atoms with Gasteiger partial charge in [0, 0.05) is 31.9 Å². The third kappa shape index (κ3) is 3.55. The first-order valence-electron chi connectivity index (χ1n) is 8.89. The van der Waals surface area contributed by atoms with Crippen molar-refractivity contribution in [2.24, 2.45) is 11.8 Å². The first-order chi connectivity index (χ1) is 11.9. The molecule has 25 heavy (non-hydrogen) atoms. The summed E-state index contributed by atoms with van der Waals surface area (Å²) < 4.78 is 5.89. The molecule has 134 valence electrons. The van der Waals surface area contributed by atoms with Crippen LogP contribution in [0.15, 0.2) is 34.7 Å². The lowest BCUT2D eigenvalue weighted by Gasteiger charge is -2.26. The first kappa shape index (κ1) is 17.5. The number of benzene rings is 1. The fraction of sp³-hybridized carbons (Fsp3) is 0.500. The number of para-hydroxylation sites is 1. The van der Waals surface area contributed by atoms with Crippen LogP contribution >= 0.6 is 0 Å². The molecule has 0 bridgehead atoms. The second kappa shape index (κ2) is 6.90. The van der Waals surface area contributed by atoms with Gasteiger partial charge in [-0.05, 0) is 25.0 Å². The summed E-state index contributed by atoms with van der Waals surface area (Å²) in [5.74, 6) is 0.998. The average Bonchev–Trinajstić information content (AvgIpc) is 3.16. The van der Waals surface area contributed by atoms with Crippen molar-refractivity contribution >= 4 is 22.8 Å². The zero-order chi connectivity index (χ0) is 18.1. The minimum atomic E-state index is -0.261. The number of fused-ring (bicyclic) bond motifs is 1. The molecule has 2 atom stereocenters. The van der Waals surface area contributed by atoms with Gasteiger partial charge in [0.2, 0.25) is 11.8 Å². The minimum absolute atomic E-state index is 0.00700. The van der Waals surface area contributed by atoms with Gasteiger partial charge in [0.25, 0.3) is 0 Å². The third-order valence-electron chi connectivity index (χ3n) is 4.93. The summed E-state index contributed by atoms with van der Waals surface area (Å²) in [6.07, 6.45) is 0.308. The fourth-order valence-electron chi connectivity index (χ4n) is 3.43. The van der Waals surface area contributed by atoms with Crippen molar-refractivity contribution in [3.63, 3.8) is 0 Å². The number of nitrogens with zero attached hydrogens (tertiary/aromatic N) is 2. The van der Waals surface area contributed by atoms with Crippen molar-refractivity contribution in [3.8, 4) is 0 Å². The van der Waals surface area contributed by atoms with Gasteiger partial charge in [0.05, 0.1) is 12.0 Å². The summed E-state index contributed by atoms with van der Waals surface area (Å²) >= 11 is 0. The first-order valence-corrected chi connectivity index (χ1v) is 8.89. The van der Waals surface area contributed by atoms with Crippen LogP contribution in [0, 0.1) is 11.8 Å². The monoisotopic (exact) mass is 342 g/mol. The Morgan fingerprint density at radius 1 is 1.32 bits per heavy atom. The second-order valence-corrected chi connectivity index (χ2v) is 7.41. The molecule has 1 saturated heterocycles. The molecule has 3 rings (SSSR count). The van der Waals surface area contributed by atoms with Gasteiger partial charge in [0.15, 0.2) is 0 Å². The summed E-state index contributed by atoms with van der Waals surface area (Å²) in [5, 5.41) is 1.03. The van der Waals surface area contributed by atoms with Gasteiger partial charge < -0.3 is 14.2 Å². The summed E-state index contributed by atoms with van der Waals surface area (Å²) in [5.41, 5.74) is 0.823. The van der Waals surface area contributed by atoms with E-state index >= 15 is 0 Å². The molecule has 2 amide bonds. The van der Waals surface area contributed by atoms with Gasteiger partial charge in [-0.15, -0.1) is 0 Å². The molecule has 1 fully saturated rings. The number of carbonyl (C=O) groups is 2. The summed E-state index contributed by atoms with van der Waals surface area (Å²) in [4.78, 5) is 28.5. The van der Waals surface area contributed by atoms with Crippen molar-refractivity contribution < 1.29 is 14.0 Å². The summed E-state index contributed by atoms with van der Waals surface area (Å²) in [6, 6.07) is 9.63. The summed E-state index contributed by atoms with van der Waals surface area (Å²) in [6.45, 7) is 7.35.